The highest BCUT2D eigenvalue weighted by Crippen LogP contribution is 2.58. The summed E-state index contributed by atoms with van der Waals surface area (Å²) in [4.78, 5) is 22.8. The molecular weight excluding hydrogens is 786 g/mol. The molecule has 2 aromatic carbocycles. The molecule has 3 N–H and O–H groups in total. The fourth-order valence-corrected chi connectivity index (χ4v) is 7.38. The van der Waals surface area contributed by atoms with Crippen molar-refractivity contribution in [2.45, 2.75) is 56.5 Å². The van der Waals surface area contributed by atoms with Gasteiger partial charge in [0.1, 0.15) is 35.4 Å². The lowest BCUT2D eigenvalue weighted by Crippen LogP contribution is -2.36. The van der Waals surface area contributed by atoms with Crippen LogP contribution in [0.1, 0.15) is 59.8 Å². The van der Waals surface area contributed by atoms with E-state index in [2.05, 4.69) is 53.9 Å². The van der Waals surface area contributed by atoms with Crippen molar-refractivity contribution in [3.8, 4) is 34.8 Å². The number of hydrogen-bond acceptors (Lipinski definition) is 8. The summed E-state index contributed by atoms with van der Waals surface area (Å²) >= 11 is 0. The second-order valence-corrected chi connectivity index (χ2v) is 15.8. The number of hydrogen-bond donors (Lipinski definition) is 3. The highest BCUT2D eigenvalue weighted by molar-refractivity contribution is 7.92. The second-order valence-electron chi connectivity index (χ2n) is 14.1. The molecule has 57 heavy (non-hydrogen) atoms. The monoisotopic (exact) mass is 814 g/mol. The summed E-state index contributed by atoms with van der Waals surface area (Å²) in [5, 5.41) is 20.8. The SMILES string of the molecule is Cn1nc(NS(C)(=O)=O)c2cccc(-c3cnc(C#CC(C)(C)O)nc3[C@H](Cc3cc(F)cc(F)c3)NC(=O)Cn3nc(C(F)(F)F)c4c3C(F)(F)[C@@H]3C#C[C@H]43)c21. The molecule has 0 fully saturated rings. The number of nitrogens with zero attached hydrogens (tertiary/aromatic N) is 6. The van der Waals surface area contributed by atoms with E-state index in [1.807, 2.05) is 0 Å². The van der Waals surface area contributed by atoms with Gasteiger partial charge in [-0.1, -0.05) is 29.9 Å². The average molecular weight is 815 g/mol. The quantitative estimate of drug-likeness (QED) is 0.140. The molecule has 0 bridgehead atoms. The van der Waals surface area contributed by atoms with Crippen LogP contribution in [0.3, 0.4) is 0 Å². The van der Waals surface area contributed by atoms with E-state index < -0.39 is 93.1 Å². The predicted octanol–water partition coefficient (Wildman–Crippen LogP) is 4.94. The van der Waals surface area contributed by atoms with Gasteiger partial charge in [0, 0.05) is 41.4 Å². The molecule has 296 valence electrons. The number of alkyl halides is 5. The number of anilines is 1. The number of aliphatic hydroxyl groups is 1. The molecule has 0 saturated carbocycles. The first kappa shape index (κ1) is 39.3. The molecule has 0 unspecified atom stereocenters. The van der Waals surface area contributed by atoms with E-state index >= 15 is 8.78 Å². The van der Waals surface area contributed by atoms with E-state index in [-0.39, 0.29) is 33.1 Å². The van der Waals surface area contributed by atoms with Crippen LogP contribution in [0.2, 0.25) is 0 Å². The molecule has 20 heteroatoms. The highest BCUT2D eigenvalue weighted by atomic mass is 32.2. The number of fused-ring (bicyclic) bond motifs is 4. The summed E-state index contributed by atoms with van der Waals surface area (Å²) in [6.45, 7) is 1.63. The van der Waals surface area contributed by atoms with Gasteiger partial charge in [-0.05, 0) is 50.0 Å². The number of halogens is 7. The van der Waals surface area contributed by atoms with Crippen LogP contribution in [-0.2, 0) is 46.9 Å². The lowest BCUT2D eigenvalue weighted by molar-refractivity contribution is -0.142. The van der Waals surface area contributed by atoms with Crippen molar-refractivity contribution in [2.75, 3.05) is 11.0 Å². The third-order valence-corrected chi connectivity index (χ3v) is 9.62. The third-order valence-electron chi connectivity index (χ3n) is 9.06. The number of nitrogens with one attached hydrogen (secondary N) is 2. The van der Waals surface area contributed by atoms with Crippen molar-refractivity contribution in [1.29, 1.82) is 0 Å². The number of benzene rings is 2. The standard InChI is InChI=1S/C37H29F7N8O4S/c1-35(2,54)11-10-27-45-16-24(21-6-5-7-23-31(21)51(3)49-34(23)50-57(4,55)56)30(47-27)26(14-18-12-19(38)15-20(39)13-18)46-28(53)17-52-33-29(32(48-52)37(42,43)44)22-8-9-25(22)36(33,40)41/h5-7,12-13,15-16,22,25-26,54H,14,17H2,1-4H3,(H,46,53)(H,49,50)/t22-,25+,26-/m0/s1. The van der Waals surface area contributed by atoms with Crippen LogP contribution in [0.5, 0.6) is 0 Å². The van der Waals surface area contributed by atoms with Crippen LogP contribution in [-0.4, -0.2) is 60.8 Å². The summed E-state index contributed by atoms with van der Waals surface area (Å²) in [6, 6.07) is 5.83. The number of aromatic nitrogens is 6. The Morgan fingerprint density at radius 3 is 2.40 bits per heavy atom. The Bertz CT molecular complexity index is 2710. The first-order valence-electron chi connectivity index (χ1n) is 16.9. The van der Waals surface area contributed by atoms with Crippen molar-refractivity contribution in [3.05, 3.63) is 88.3 Å². The summed E-state index contributed by atoms with van der Waals surface area (Å²) in [6.07, 6.45) is -3.36. The van der Waals surface area contributed by atoms with Crippen LogP contribution < -0.4 is 10.0 Å². The smallest absolute Gasteiger partial charge is 0.378 e. The Kier molecular flexibility index (Phi) is 9.36. The van der Waals surface area contributed by atoms with Gasteiger partial charge in [0.05, 0.1) is 29.4 Å². The summed E-state index contributed by atoms with van der Waals surface area (Å²) in [5.41, 5.74) is -4.36. The first-order valence-corrected chi connectivity index (χ1v) is 18.8. The van der Waals surface area contributed by atoms with Crippen LogP contribution in [0.25, 0.3) is 22.0 Å². The van der Waals surface area contributed by atoms with Crippen molar-refractivity contribution >= 4 is 32.7 Å². The maximum atomic E-state index is 15.5. The minimum Gasteiger partial charge on any atom is -0.378 e. The minimum absolute atomic E-state index is 0.0236. The fraction of sp³-hybridized carbons (Fsp3) is 0.324. The van der Waals surface area contributed by atoms with Gasteiger partial charge in [-0.2, -0.15) is 32.1 Å². The molecule has 12 nitrogen and oxygen atoms in total. The maximum absolute atomic E-state index is 15.5. The number of carbonyl (C=O) groups excluding carboxylic acids is 1. The van der Waals surface area contributed by atoms with E-state index in [1.165, 1.54) is 31.8 Å². The number of para-hydroxylation sites is 1. The van der Waals surface area contributed by atoms with Gasteiger partial charge in [-0.3, -0.25) is 18.9 Å². The molecule has 2 aliphatic rings. The van der Waals surface area contributed by atoms with Crippen molar-refractivity contribution in [3.63, 3.8) is 0 Å². The normalized spacial score (nSPS) is 17.4. The maximum Gasteiger partial charge on any atom is 0.435 e. The summed E-state index contributed by atoms with van der Waals surface area (Å²) < 4.78 is 131. The number of rotatable bonds is 9. The average Bonchev–Trinajstić information content (AvgIpc) is 3.63. The molecule has 7 rings (SSSR count). The molecule has 0 spiro atoms. The first-order chi connectivity index (χ1) is 26.5. The third kappa shape index (κ3) is 7.62. The molecule has 0 saturated heterocycles. The minimum atomic E-state index is -5.15. The largest absolute Gasteiger partial charge is 0.435 e. The number of carbonyl (C=O) groups is 1. The lowest BCUT2D eigenvalue weighted by Gasteiger charge is -2.24. The van der Waals surface area contributed by atoms with Gasteiger partial charge >= 0.3 is 12.1 Å². The van der Waals surface area contributed by atoms with Gasteiger partial charge < -0.3 is 10.4 Å². The predicted molar refractivity (Wildman–Crippen MR) is 189 cm³/mol. The second kappa shape index (κ2) is 13.6. The van der Waals surface area contributed by atoms with Crippen LogP contribution in [0, 0.1) is 41.2 Å². The van der Waals surface area contributed by atoms with E-state index in [0.29, 0.717) is 22.5 Å². The van der Waals surface area contributed by atoms with Crippen molar-refractivity contribution < 1.29 is 49.1 Å². The van der Waals surface area contributed by atoms with Crippen LogP contribution in [0.15, 0.2) is 42.6 Å². The fourth-order valence-electron chi connectivity index (χ4n) is 6.88. The topological polar surface area (TPSA) is 157 Å². The molecule has 1 amide bonds. The number of aryl methyl sites for hydroxylation is 1. The van der Waals surface area contributed by atoms with E-state index in [0.717, 1.165) is 18.4 Å². The van der Waals surface area contributed by atoms with Gasteiger partial charge in [0.25, 0.3) is 0 Å². The zero-order valence-corrected chi connectivity index (χ0v) is 30.9. The van der Waals surface area contributed by atoms with E-state index in [4.69, 9.17) is 0 Å². The summed E-state index contributed by atoms with van der Waals surface area (Å²) in [5.74, 6) is -0.665. The van der Waals surface area contributed by atoms with Crippen molar-refractivity contribution in [2.24, 2.45) is 13.0 Å². The van der Waals surface area contributed by atoms with Gasteiger partial charge in [-0.25, -0.2) is 27.2 Å². The van der Waals surface area contributed by atoms with Gasteiger partial charge in [-0.15, -0.1) is 0 Å². The van der Waals surface area contributed by atoms with E-state index in [1.54, 1.807) is 18.2 Å². The Labute approximate surface area is 319 Å². The molecule has 3 heterocycles. The van der Waals surface area contributed by atoms with Crippen LogP contribution in [0.4, 0.5) is 36.6 Å². The highest BCUT2D eigenvalue weighted by Gasteiger charge is 2.62. The van der Waals surface area contributed by atoms with Crippen molar-refractivity contribution in [1.82, 2.24) is 34.8 Å². The molecule has 5 aromatic rings. The lowest BCUT2D eigenvalue weighted by atomic mass is 9.84. The molecule has 3 atom stereocenters. The Morgan fingerprint density at radius 2 is 1.79 bits per heavy atom. The molecule has 2 aliphatic carbocycles. The molecule has 0 aliphatic heterocycles. The van der Waals surface area contributed by atoms with Crippen LogP contribution >= 0.6 is 0 Å². The Morgan fingerprint density at radius 1 is 1.09 bits per heavy atom. The van der Waals surface area contributed by atoms with Gasteiger partial charge in [0.2, 0.25) is 21.8 Å². The zero-order valence-electron chi connectivity index (χ0n) is 30.1. The van der Waals surface area contributed by atoms with E-state index in [9.17, 15) is 40.3 Å². The summed E-state index contributed by atoms with van der Waals surface area (Å²) in [7, 11) is -2.28. The Hall–Kier alpha value is -5.99. The zero-order chi connectivity index (χ0) is 41.4. The molecule has 3 aromatic heterocycles. The molecular formula is C37H29F7N8O4S. The Balaban J connectivity index is 1.38. The van der Waals surface area contributed by atoms with Gasteiger partial charge in [0.15, 0.2) is 11.5 Å². The number of amides is 1. The number of sulfonamides is 1. The molecule has 0 radical (unpaired) electrons.